The van der Waals surface area contributed by atoms with Gasteiger partial charge < -0.3 is 8.94 Å². The number of rotatable bonds is 6. The smallest absolute Gasteiger partial charge is 0.248 e. The van der Waals surface area contributed by atoms with Crippen LogP contribution in [0.2, 0.25) is 0 Å². The molecule has 0 bridgehead atoms. The van der Waals surface area contributed by atoms with Crippen molar-refractivity contribution >= 4 is 11.9 Å². The minimum absolute atomic E-state index is 0.193. The summed E-state index contributed by atoms with van der Waals surface area (Å²) < 4.78 is 10.1. The van der Waals surface area contributed by atoms with Crippen LogP contribution in [0.3, 0.4) is 0 Å². The highest BCUT2D eigenvalue weighted by atomic mass is 16.5. The molecule has 3 aromatic rings. The number of anilines is 1. The van der Waals surface area contributed by atoms with Crippen molar-refractivity contribution in [2.45, 2.75) is 32.6 Å². The molecule has 9 nitrogen and oxygen atoms in total. The average Bonchev–Trinajstić information content (AvgIpc) is 3.25. The monoisotopic (exact) mass is 316 g/mol. The maximum Gasteiger partial charge on any atom is 0.248 e. The molecule has 1 amide bonds. The first-order chi connectivity index (χ1) is 11.1. The van der Waals surface area contributed by atoms with Crippen LogP contribution in [0.15, 0.2) is 27.5 Å². The molecule has 3 heterocycles. The van der Waals surface area contributed by atoms with Crippen LogP contribution in [-0.2, 0) is 11.2 Å². The molecule has 0 unspecified atom stereocenters. The van der Waals surface area contributed by atoms with E-state index in [1.807, 2.05) is 13.8 Å². The lowest BCUT2D eigenvalue weighted by molar-refractivity contribution is -0.116. The number of hydrogen-bond donors (Lipinski definition) is 2. The molecule has 9 heteroatoms. The van der Waals surface area contributed by atoms with Gasteiger partial charge in [-0.3, -0.25) is 15.2 Å². The maximum absolute atomic E-state index is 11.9. The first kappa shape index (κ1) is 14.9. The van der Waals surface area contributed by atoms with Gasteiger partial charge in [0.1, 0.15) is 12.1 Å². The molecule has 23 heavy (non-hydrogen) atoms. The molecule has 0 spiro atoms. The topological polar surface area (TPSA) is 123 Å². The van der Waals surface area contributed by atoms with E-state index in [1.54, 1.807) is 6.07 Å². The number of carbonyl (C=O) groups excluding carboxylic acids is 1. The Balaban J connectivity index is 1.52. The summed E-state index contributed by atoms with van der Waals surface area (Å²) in [6.07, 6.45) is 3.58. The molecule has 0 saturated heterocycles. The Hall–Kier alpha value is -2.97. The van der Waals surface area contributed by atoms with Crippen molar-refractivity contribution in [2.24, 2.45) is 0 Å². The minimum atomic E-state index is -0.220. The van der Waals surface area contributed by atoms with Crippen LogP contribution in [0.25, 0.3) is 11.4 Å². The fourth-order valence-corrected chi connectivity index (χ4v) is 1.86. The van der Waals surface area contributed by atoms with Crippen LogP contribution in [0, 0.1) is 0 Å². The molecule has 0 atom stereocenters. The molecule has 0 aromatic carbocycles. The van der Waals surface area contributed by atoms with Crippen molar-refractivity contribution in [3.8, 4) is 11.4 Å². The summed E-state index contributed by atoms with van der Waals surface area (Å²) in [5.74, 6) is 1.81. The lowest BCUT2D eigenvalue weighted by Gasteiger charge is -1.98. The molecule has 2 N–H and O–H groups in total. The number of hydrogen-bond acceptors (Lipinski definition) is 7. The molecule has 0 fully saturated rings. The first-order valence-corrected chi connectivity index (χ1v) is 7.19. The zero-order chi connectivity index (χ0) is 16.2. The van der Waals surface area contributed by atoms with Crippen molar-refractivity contribution < 1.29 is 13.7 Å². The lowest BCUT2D eigenvalue weighted by atomic mass is 10.2. The predicted molar refractivity (Wildman–Crippen MR) is 79.4 cm³/mol. The molecule has 0 saturated carbocycles. The molecular weight excluding hydrogens is 300 g/mol. The van der Waals surface area contributed by atoms with Gasteiger partial charge in [-0.05, 0) is 6.07 Å². The van der Waals surface area contributed by atoms with Gasteiger partial charge in [-0.25, -0.2) is 0 Å². The zero-order valence-corrected chi connectivity index (χ0v) is 12.7. The van der Waals surface area contributed by atoms with Gasteiger partial charge in [-0.1, -0.05) is 19.0 Å². The second-order valence-electron chi connectivity index (χ2n) is 5.27. The van der Waals surface area contributed by atoms with Crippen molar-refractivity contribution in [1.29, 1.82) is 0 Å². The Labute approximate surface area is 131 Å². The largest absolute Gasteiger partial charge is 0.472 e. The van der Waals surface area contributed by atoms with E-state index in [0.717, 1.165) is 11.4 Å². The van der Waals surface area contributed by atoms with Crippen molar-refractivity contribution in [1.82, 2.24) is 25.3 Å². The lowest BCUT2D eigenvalue weighted by Crippen LogP contribution is -2.13. The number of aromatic nitrogens is 5. The highest BCUT2D eigenvalue weighted by Gasteiger charge is 2.13. The van der Waals surface area contributed by atoms with E-state index in [4.69, 9.17) is 8.94 Å². The Morgan fingerprint density at radius 1 is 1.39 bits per heavy atom. The van der Waals surface area contributed by atoms with E-state index in [-0.39, 0.29) is 24.2 Å². The highest BCUT2D eigenvalue weighted by Crippen LogP contribution is 2.16. The van der Waals surface area contributed by atoms with E-state index in [9.17, 15) is 4.79 Å². The van der Waals surface area contributed by atoms with E-state index in [0.29, 0.717) is 18.1 Å². The van der Waals surface area contributed by atoms with Crippen LogP contribution >= 0.6 is 0 Å². The third-order valence-electron chi connectivity index (χ3n) is 3.11. The van der Waals surface area contributed by atoms with Gasteiger partial charge in [-0.2, -0.15) is 9.97 Å². The van der Waals surface area contributed by atoms with Crippen LogP contribution in [0.5, 0.6) is 0 Å². The van der Waals surface area contributed by atoms with Gasteiger partial charge in [0.15, 0.2) is 0 Å². The summed E-state index contributed by atoms with van der Waals surface area (Å²) in [6, 6.07) is 1.73. The number of nitrogens with zero attached hydrogens (tertiary/aromatic N) is 4. The predicted octanol–water partition coefficient (Wildman–Crippen LogP) is 2.14. The third kappa shape index (κ3) is 3.62. The molecule has 0 radical (unpaired) electrons. The quantitative estimate of drug-likeness (QED) is 0.714. The van der Waals surface area contributed by atoms with E-state index >= 15 is 0 Å². The van der Waals surface area contributed by atoms with Crippen LogP contribution < -0.4 is 5.32 Å². The first-order valence-electron chi connectivity index (χ1n) is 7.19. The molecule has 120 valence electrons. The van der Waals surface area contributed by atoms with Gasteiger partial charge in [0.05, 0.1) is 11.8 Å². The number of aryl methyl sites for hydroxylation is 1. The Morgan fingerprint density at radius 3 is 2.96 bits per heavy atom. The molecular formula is C14H16N6O3. The van der Waals surface area contributed by atoms with Crippen LogP contribution in [-0.4, -0.2) is 31.2 Å². The molecule has 0 aliphatic rings. The molecule has 3 aromatic heterocycles. The summed E-state index contributed by atoms with van der Waals surface area (Å²) in [4.78, 5) is 20.3. The highest BCUT2D eigenvalue weighted by molar-refractivity contribution is 5.88. The maximum atomic E-state index is 11.9. The number of carbonyl (C=O) groups is 1. The Bertz CT molecular complexity index is 774. The van der Waals surface area contributed by atoms with Crippen molar-refractivity contribution in [2.75, 3.05) is 5.32 Å². The van der Waals surface area contributed by atoms with Gasteiger partial charge in [0, 0.05) is 18.8 Å². The summed E-state index contributed by atoms with van der Waals surface area (Å²) in [6.45, 7) is 3.97. The fraction of sp³-hybridized carbons (Fsp3) is 0.357. The van der Waals surface area contributed by atoms with Gasteiger partial charge in [0.25, 0.3) is 0 Å². The van der Waals surface area contributed by atoms with Crippen LogP contribution in [0.1, 0.15) is 37.9 Å². The number of nitrogens with one attached hydrogen (secondary N) is 2. The number of furan rings is 1. The third-order valence-corrected chi connectivity index (χ3v) is 3.11. The van der Waals surface area contributed by atoms with Crippen molar-refractivity contribution in [3.63, 3.8) is 0 Å². The standard InChI is InChI=1S/C14H16N6O3/c1-8(2)12-17-14(19-18-12)15-10(21)3-4-11-16-13(20-23-11)9-5-6-22-7-9/h5-8H,3-4H2,1-2H3,(H2,15,17,18,19,21). The summed E-state index contributed by atoms with van der Waals surface area (Å²) in [5.41, 5.74) is 0.728. The Morgan fingerprint density at radius 2 is 2.26 bits per heavy atom. The number of amides is 1. The summed E-state index contributed by atoms with van der Waals surface area (Å²) >= 11 is 0. The molecule has 0 aliphatic carbocycles. The number of H-pyrrole nitrogens is 1. The normalized spacial score (nSPS) is 11.1. The second kappa shape index (κ2) is 6.42. The number of aromatic amines is 1. The van der Waals surface area contributed by atoms with E-state index in [2.05, 4.69) is 30.6 Å². The summed E-state index contributed by atoms with van der Waals surface area (Å²) in [5, 5.41) is 13.2. The van der Waals surface area contributed by atoms with Crippen molar-refractivity contribution in [3.05, 3.63) is 30.3 Å². The van der Waals surface area contributed by atoms with Gasteiger partial charge in [0.2, 0.25) is 23.6 Å². The van der Waals surface area contributed by atoms with Gasteiger partial charge >= 0.3 is 0 Å². The van der Waals surface area contributed by atoms with Crippen LogP contribution in [0.4, 0.5) is 5.95 Å². The SMILES string of the molecule is CC(C)c1nc(NC(=O)CCc2nc(-c3ccoc3)no2)n[nH]1. The summed E-state index contributed by atoms with van der Waals surface area (Å²) in [7, 11) is 0. The fourth-order valence-electron chi connectivity index (χ4n) is 1.86. The minimum Gasteiger partial charge on any atom is -0.472 e. The Kier molecular flexibility index (Phi) is 4.18. The average molecular weight is 316 g/mol. The zero-order valence-electron chi connectivity index (χ0n) is 12.7. The molecule has 0 aliphatic heterocycles. The molecule has 3 rings (SSSR count). The van der Waals surface area contributed by atoms with Gasteiger partial charge in [-0.15, -0.1) is 5.10 Å². The second-order valence-corrected chi connectivity index (χ2v) is 5.27. The van der Waals surface area contributed by atoms with E-state index < -0.39 is 0 Å². The van der Waals surface area contributed by atoms with E-state index in [1.165, 1.54) is 12.5 Å².